The SMILES string of the molecule is CCCCOC(=O)NC(C)(C)c1cccc(C(C)(C)NC(=O)OC(COc2ccc(C(C)(C)c3ccc(OCC(CN4CC4C)OC(=O)NC(C)(C)c4cccc(C(C)C)c4)cc3)cc2)CN2CC2C)c1. The first-order valence-electron chi connectivity index (χ1n) is 25.5. The summed E-state index contributed by atoms with van der Waals surface area (Å²) in [6.45, 7) is 30.6. The van der Waals surface area contributed by atoms with Gasteiger partial charge in [0.15, 0.2) is 12.2 Å². The highest BCUT2D eigenvalue weighted by molar-refractivity contribution is 5.70. The van der Waals surface area contributed by atoms with Crippen molar-refractivity contribution >= 4 is 18.3 Å². The molecule has 6 unspecified atom stereocenters. The lowest BCUT2D eigenvalue weighted by molar-refractivity contribution is 0.0506. The predicted octanol–water partition coefficient (Wildman–Crippen LogP) is 11.1. The lowest BCUT2D eigenvalue weighted by Gasteiger charge is -2.31. The average molecular weight is 976 g/mol. The molecule has 0 bridgehead atoms. The summed E-state index contributed by atoms with van der Waals surface area (Å²) in [5.41, 5.74) is 3.73. The van der Waals surface area contributed by atoms with Gasteiger partial charge in [0.1, 0.15) is 24.7 Å². The van der Waals surface area contributed by atoms with Crippen LogP contribution in [0.2, 0.25) is 0 Å². The van der Waals surface area contributed by atoms with E-state index in [2.05, 4.69) is 104 Å². The van der Waals surface area contributed by atoms with Gasteiger partial charge in [0, 0.05) is 43.7 Å². The predicted molar refractivity (Wildman–Crippen MR) is 280 cm³/mol. The Morgan fingerprint density at radius 1 is 0.577 bits per heavy atom. The van der Waals surface area contributed by atoms with Gasteiger partial charge in [-0.3, -0.25) is 9.80 Å². The second-order valence-corrected chi connectivity index (χ2v) is 22.1. The number of benzene rings is 4. The molecule has 13 heteroatoms. The fraction of sp³-hybridized carbons (Fsp3) is 0.534. The lowest BCUT2D eigenvalue weighted by atomic mass is 9.78. The van der Waals surface area contributed by atoms with Crippen molar-refractivity contribution in [2.45, 2.75) is 155 Å². The molecule has 0 radical (unpaired) electrons. The Labute approximate surface area is 423 Å². The molecule has 4 aromatic rings. The Balaban J connectivity index is 1.02. The number of alkyl carbamates (subject to hydrolysis) is 3. The molecule has 0 aromatic heterocycles. The van der Waals surface area contributed by atoms with Gasteiger partial charge in [-0.05, 0) is 125 Å². The molecular weight excluding hydrogens is 895 g/mol. The topological polar surface area (TPSA) is 139 Å². The van der Waals surface area contributed by atoms with E-state index in [9.17, 15) is 14.4 Å². The summed E-state index contributed by atoms with van der Waals surface area (Å²) < 4.78 is 30.0. The monoisotopic (exact) mass is 976 g/mol. The van der Waals surface area contributed by atoms with E-state index >= 15 is 0 Å². The maximum atomic E-state index is 13.6. The molecule has 13 nitrogen and oxygen atoms in total. The van der Waals surface area contributed by atoms with Crippen LogP contribution >= 0.6 is 0 Å². The number of carbonyl (C=O) groups is 3. The molecule has 0 saturated carbocycles. The number of nitrogens with one attached hydrogen (secondary N) is 3. The number of amides is 3. The van der Waals surface area contributed by atoms with Gasteiger partial charge in [0.25, 0.3) is 0 Å². The quantitative estimate of drug-likeness (QED) is 0.0353. The maximum absolute atomic E-state index is 13.6. The first kappa shape index (κ1) is 54.5. The van der Waals surface area contributed by atoms with Crippen molar-refractivity contribution in [3.8, 4) is 11.5 Å². The normalized spacial score (nSPS) is 18.7. The largest absolute Gasteiger partial charge is 0.490 e. The second-order valence-electron chi connectivity index (χ2n) is 22.1. The first-order chi connectivity index (χ1) is 33.4. The molecule has 4 aromatic carbocycles. The van der Waals surface area contributed by atoms with Crippen LogP contribution in [0.1, 0.15) is 142 Å². The minimum Gasteiger partial charge on any atom is -0.490 e. The summed E-state index contributed by atoms with van der Waals surface area (Å²) in [6.07, 6.45) is -0.699. The zero-order valence-corrected chi connectivity index (χ0v) is 44.6. The summed E-state index contributed by atoms with van der Waals surface area (Å²) in [5.74, 6) is 1.75. The summed E-state index contributed by atoms with van der Waals surface area (Å²) in [6, 6.07) is 33.2. The van der Waals surface area contributed by atoms with Gasteiger partial charge >= 0.3 is 18.3 Å². The summed E-state index contributed by atoms with van der Waals surface area (Å²) in [4.78, 5) is 43.9. The van der Waals surface area contributed by atoms with Crippen LogP contribution in [-0.4, -0.2) is 98.4 Å². The third-order valence-electron chi connectivity index (χ3n) is 14.0. The number of ether oxygens (including phenoxy) is 5. The van der Waals surface area contributed by atoms with Gasteiger partial charge in [0.05, 0.1) is 23.2 Å². The highest BCUT2D eigenvalue weighted by Gasteiger charge is 2.36. The molecule has 0 aliphatic carbocycles. The minimum absolute atomic E-state index is 0.184. The van der Waals surface area contributed by atoms with Gasteiger partial charge in [0.2, 0.25) is 0 Å². The summed E-state index contributed by atoms with van der Waals surface area (Å²) >= 11 is 0. The molecule has 2 aliphatic heterocycles. The molecule has 0 spiro atoms. The van der Waals surface area contributed by atoms with Crippen molar-refractivity contribution in [3.63, 3.8) is 0 Å². The van der Waals surface area contributed by atoms with E-state index in [-0.39, 0.29) is 18.6 Å². The van der Waals surface area contributed by atoms with Crippen LogP contribution < -0.4 is 25.4 Å². The van der Waals surface area contributed by atoms with Crippen molar-refractivity contribution in [3.05, 3.63) is 130 Å². The maximum Gasteiger partial charge on any atom is 0.408 e. The zero-order valence-electron chi connectivity index (χ0n) is 44.6. The number of hydrogen-bond donors (Lipinski definition) is 3. The van der Waals surface area contributed by atoms with E-state index in [0.717, 1.165) is 53.7 Å². The molecule has 71 heavy (non-hydrogen) atoms. The number of rotatable bonds is 24. The molecule has 386 valence electrons. The van der Waals surface area contributed by atoms with E-state index in [1.165, 1.54) is 5.56 Å². The van der Waals surface area contributed by atoms with Crippen LogP contribution in [0.15, 0.2) is 97.1 Å². The molecule has 2 heterocycles. The van der Waals surface area contributed by atoms with Crippen molar-refractivity contribution < 1.29 is 38.1 Å². The number of hydrogen-bond acceptors (Lipinski definition) is 10. The number of nitrogens with zero attached hydrogens (tertiary/aromatic N) is 2. The Hall–Kier alpha value is -5.79. The van der Waals surface area contributed by atoms with E-state index in [1.807, 2.05) is 109 Å². The van der Waals surface area contributed by atoms with Crippen molar-refractivity contribution in [2.24, 2.45) is 0 Å². The summed E-state index contributed by atoms with van der Waals surface area (Å²) in [5, 5.41) is 9.13. The summed E-state index contributed by atoms with van der Waals surface area (Å²) in [7, 11) is 0. The molecule has 2 aliphatic rings. The Morgan fingerprint density at radius 3 is 1.37 bits per heavy atom. The van der Waals surface area contributed by atoms with Crippen LogP contribution in [0, 0.1) is 0 Å². The van der Waals surface area contributed by atoms with Gasteiger partial charge in [-0.1, -0.05) is 114 Å². The number of carbonyl (C=O) groups excluding carboxylic acids is 3. The Kier molecular flexibility index (Phi) is 17.8. The highest BCUT2D eigenvalue weighted by Crippen LogP contribution is 2.34. The van der Waals surface area contributed by atoms with Crippen molar-refractivity contribution in [1.82, 2.24) is 25.8 Å². The van der Waals surface area contributed by atoms with Gasteiger partial charge < -0.3 is 39.6 Å². The van der Waals surface area contributed by atoms with Gasteiger partial charge in [-0.2, -0.15) is 0 Å². The van der Waals surface area contributed by atoms with E-state index in [1.54, 1.807) is 0 Å². The molecule has 6 rings (SSSR count). The van der Waals surface area contributed by atoms with Crippen LogP contribution in [0.4, 0.5) is 14.4 Å². The molecule has 2 fully saturated rings. The fourth-order valence-corrected chi connectivity index (χ4v) is 8.62. The molecule has 3 amide bonds. The van der Waals surface area contributed by atoms with Crippen LogP contribution in [0.5, 0.6) is 11.5 Å². The first-order valence-corrected chi connectivity index (χ1v) is 25.5. The standard InChI is InChI=1S/C58H81N5O8/c1-14-15-30-67-52(64)59-57(10,11)46-20-17-21-47(32-46)58(12,13)61-54(66)71-51(36-63-34-41(63)5)38-69-49-28-24-44(25-29-49)55(6,7)43-22-26-48(27-23-43)68-37-50(35-62-33-40(62)4)70-53(65)60-56(8,9)45-19-16-18-42(31-45)39(2)3/h16-29,31-32,39-41,50-51H,14-15,30,33-38H2,1-13H3,(H,59,64)(H,60,65)(H,61,66). The highest BCUT2D eigenvalue weighted by atomic mass is 16.6. The lowest BCUT2D eigenvalue weighted by Crippen LogP contribution is -2.45. The third kappa shape index (κ3) is 15.6. The average Bonchev–Trinajstić information content (AvgIpc) is 4.22. The smallest absolute Gasteiger partial charge is 0.408 e. The Bertz CT molecular complexity index is 2400. The Morgan fingerprint density at radius 2 is 0.972 bits per heavy atom. The van der Waals surface area contributed by atoms with Crippen molar-refractivity contribution in [1.29, 1.82) is 0 Å². The molecule has 6 atom stereocenters. The van der Waals surface area contributed by atoms with Crippen LogP contribution in [0.3, 0.4) is 0 Å². The van der Waals surface area contributed by atoms with Gasteiger partial charge in [-0.15, -0.1) is 0 Å². The zero-order chi connectivity index (χ0) is 51.7. The van der Waals surface area contributed by atoms with Crippen LogP contribution in [-0.2, 0) is 36.2 Å². The fourth-order valence-electron chi connectivity index (χ4n) is 8.62. The van der Waals surface area contributed by atoms with Crippen molar-refractivity contribution in [2.75, 3.05) is 46.0 Å². The van der Waals surface area contributed by atoms with E-state index in [0.29, 0.717) is 49.2 Å². The molecule has 2 saturated heterocycles. The minimum atomic E-state index is -0.789. The third-order valence-corrected chi connectivity index (χ3v) is 14.0. The van der Waals surface area contributed by atoms with Crippen LogP contribution in [0.25, 0.3) is 0 Å². The second kappa shape index (κ2) is 23.2. The van der Waals surface area contributed by atoms with Gasteiger partial charge in [-0.25, -0.2) is 14.4 Å². The number of unbranched alkanes of at least 4 members (excludes halogenated alkanes) is 1. The van der Waals surface area contributed by atoms with E-state index in [4.69, 9.17) is 23.7 Å². The molecule has 3 N–H and O–H groups in total. The van der Waals surface area contributed by atoms with E-state index < -0.39 is 47.1 Å². The molecular formula is C58H81N5O8.